The van der Waals surface area contributed by atoms with Gasteiger partial charge in [0.25, 0.3) is 5.72 Å². The number of anilines is 1. The number of nitrogens with zero attached hydrogens (tertiary/aromatic N) is 1. The molecule has 1 atom stereocenters. The van der Waals surface area contributed by atoms with Gasteiger partial charge >= 0.3 is 6.18 Å². The van der Waals surface area contributed by atoms with Crippen molar-refractivity contribution in [3.05, 3.63) is 23.2 Å². The van der Waals surface area contributed by atoms with E-state index in [1.807, 2.05) is 0 Å². The number of carbonyl (C=O) groups is 1. The lowest BCUT2D eigenvalue weighted by molar-refractivity contribution is -0.238. The van der Waals surface area contributed by atoms with E-state index in [0.717, 1.165) is 0 Å². The van der Waals surface area contributed by atoms with Gasteiger partial charge in [0.05, 0.1) is 5.69 Å². The standard InChI is InChI=1S/C11H7ClF3NO2/c12-6-1-2-8-7(5-6)16-9(17)3-4-10(16,18-8)11(13,14)15/h1-2,5H,3-4H2. The van der Waals surface area contributed by atoms with Gasteiger partial charge in [0, 0.05) is 17.9 Å². The van der Waals surface area contributed by atoms with E-state index in [2.05, 4.69) is 0 Å². The third-order valence-corrected chi connectivity index (χ3v) is 3.41. The Balaban J connectivity index is 2.19. The summed E-state index contributed by atoms with van der Waals surface area (Å²) in [4.78, 5) is 12.4. The van der Waals surface area contributed by atoms with E-state index in [1.165, 1.54) is 18.2 Å². The smallest absolute Gasteiger partial charge is 0.449 e. The molecule has 1 aromatic carbocycles. The van der Waals surface area contributed by atoms with Gasteiger partial charge in [0.15, 0.2) is 0 Å². The van der Waals surface area contributed by atoms with Crippen molar-refractivity contribution in [1.82, 2.24) is 0 Å². The molecule has 7 heteroatoms. The van der Waals surface area contributed by atoms with E-state index in [-0.39, 0.29) is 22.9 Å². The fourth-order valence-corrected chi connectivity index (χ4v) is 2.55. The van der Waals surface area contributed by atoms with Crippen molar-refractivity contribution < 1.29 is 22.7 Å². The van der Waals surface area contributed by atoms with Crippen LogP contribution in [0, 0.1) is 0 Å². The fourth-order valence-electron chi connectivity index (χ4n) is 2.39. The second kappa shape index (κ2) is 3.32. The molecule has 0 N–H and O–H groups in total. The maximum atomic E-state index is 13.2. The molecule has 0 spiro atoms. The van der Waals surface area contributed by atoms with Crippen LogP contribution < -0.4 is 9.64 Å². The molecule has 0 aromatic heterocycles. The molecule has 2 aliphatic rings. The lowest BCUT2D eigenvalue weighted by Gasteiger charge is -2.32. The molecule has 0 saturated carbocycles. The topological polar surface area (TPSA) is 29.5 Å². The molecule has 1 unspecified atom stereocenters. The minimum atomic E-state index is -4.65. The SMILES string of the molecule is O=C1CCC2(C(F)(F)F)Oc3ccc(Cl)cc3N12. The number of benzene rings is 1. The van der Waals surface area contributed by atoms with E-state index in [9.17, 15) is 18.0 Å². The lowest BCUT2D eigenvalue weighted by atomic mass is 10.1. The first kappa shape index (κ1) is 11.6. The largest absolute Gasteiger partial charge is 0.455 e. The number of halogens is 4. The van der Waals surface area contributed by atoms with Crippen LogP contribution in [0.3, 0.4) is 0 Å². The highest BCUT2D eigenvalue weighted by atomic mass is 35.5. The summed E-state index contributed by atoms with van der Waals surface area (Å²) in [6.07, 6.45) is -5.24. The van der Waals surface area contributed by atoms with E-state index in [0.29, 0.717) is 4.90 Å². The van der Waals surface area contributed by atoms with Crippen molar-refractivity contribution in [2.24, 2.45) is 0 Å². The van der Waals surface area contributed by atoms with Gasteiger partial charge in [-0.05, 0) is 18.2 Å². The van der Waals surface area contributed by atoms with Gasteiger partial charge < -0.3 is 4.74 Å². The highest BCUT2D eigenvalue weighted by molar-refractivity contribution is 6.31. The molecular formula is C11H7ClF3NO2. The summed E-state index contributed by atoms with van der Waals surface area (Å²) in [5.41, 5.74) is -2.47. The van der Waals surface area contributed by atoms with Crippen molar-refractivity contribution in [3.63, 3.8) is 0 Å². The molecule has 96 valence electrons. The number of rotatable bonds is 0. The average Bonchev–Trinajstić information content (AvgIpc) is 2.75. The molecule has 3 rings (SSSR count). The van der Waals surface area contributed by atoms with Crippen LogP contribution in [-0.2, 0) is 4.79 Å². The summed E-state index contributed by atoms with van der Waals surface area (Å²) in [5.74, 6) is -0.571. The first-order valence-electron chi connectivity index (χ1n) is 5.23. The van der Waals surface area contributed by atoms with Gasteiger partial charge in [-0.25, -0.2) is 0 Å². The molecule has 1 fully saturated rings. The normalized spacial score (nSPS) is 26.0. The number of fused-ring (bicyclic) bond motifs is 3. The summed E-state index contributed by atoms with van der Waals surface area (Å²) in [5, 5.41) is 0.259. The Morgan fingerprint density at radius 2 is 2.11 bits per heavy atom. The summed E-state index contributed by atoms with van der Waals surface area (Å²) >= 11 is 5.75. The second-order valence-electron chi connectivity index (χ2n) is 4.23. The maximum absolute atomic E-state index is 13.2. The van der Waals surface area contributed by atoms with Crippen molar-refractivity contribution >= 4 is 23.2 Å². The molecule has 2 heterocycles. The summed E-state index contributed by atoms with van der Waals surface area (Å²) in [6, 6.07) is 4.08. The molecule has 2 aliphatic heterocycles. The van der Waals surface area contributed by atoms with Crippen LogP contribution >= 0.6 is 11.6 Å². The maximum Gasteiger partial charge on any atom is 0.449 e. The zero-order valence-corrected chi connectivity index (χ0v) is 9.68. The van der Waals surface area contributed by atoms with Gasteiger partial charge in [0.2, 0.25) is 5.91 Å². The van der Waals surface area contributed by atoms with Gasteiger partial charge in [0.1, 0.15) is 5.75 Å². The Morgan fingerprint density at radius 1 is 1.39 bits per heavy atom. The minimum Gasteiger partial charge on any atom is -0.455 e. The van der Waals surface area contributed by atoms with E-state index in [1.54, 1.807) is 0 Å². The predicted molar refractivity (Wildman–Crippen MR) is 57.6 cm³/mol. The monoisotopic (exact) mass is 277 g/mol. The molecule has 18 heavy (non-hydrogen) atoms. The van der Waals surface area contributed by atoms with Crippen molar-refractivity contribution in [3.8, 4) is 5.75 Å². The summed E-state index contributed by atoms with van der Waals surface area (Å²) < 4.78 is 44.6. The number of ether oxygens (including phenoxy) is 1. The zero-order valence-electron chi connectivity index (χ0n) is 8.92. The van der Waals surface area contributed by atoms with Crippen molar-refractivity contribution in [1.29, 1.82) is 0 Å². The van der Waals surface area contributed by atoms with Crippen LogP contribution in [0.25, 0.3) is 0 Å². The number of amides is 1. The van der Waals surface area contributed by atoms with Gasteiger partial charge in [-0.2, -0.15) is 13.2 Å². The Bertz CT molecular complexity index is 546. The third kappa shape index (κ3) is 1.29. The van der Waals surface area contributed by atoms with Crippen molar-refractivity contribution in [2.45, 2.75) is 24.7 Å². The Kier molecular flexibility index (Phi) is 2.15. The highest BCUT2D eigenvalue weighted by Crippen LogP contribution is 2.54. The molecule has 1 amide bonds. The van der Waals surface area contributed by atoms with Gasteiger partial charge in [-0.15, -0.1) is 0 Å². The van der Waals surface area contributed by atoms with Crippen LogP contribution in [0.15, 0.2) is 18.2 Å². The van der Waals surface area contributed by atoms with Crippen LogP contribution in [-0.4, -0.2) is 17.8 Å². The first-order chi connectivity index (χ1) is 8.35. The first-order valence-corrected chi connectivity index (χ1v) is 5.61. The van der Waals surface area contributed by atoms with Crippen LogP contribution in [0.4, 0.5) is 18.9 Å². The number of alkyl halides is 3. The zero-order chi connectivity index (χ0) is 13.1. The van der Waals surface area contributed by atoms with E-state index >= 15 is 0 Å². The van der Waals surface area contributed by atoms with E-state index < -0.39 is 24.2 Å². The van der Waals surface area contributed by atoms with Crippen LogP contribution in [0.2, 0.25) is 5.02 Å². The molecule has 0 aliphatic carbocycles. The molecule has 1 saturated heterocycles. The van der Waals surface area contributed by atoms with Gasteiger partial charge in [-0.3, -0.25) is 9.69 Å². The molecular weight excluding hydrogens is 271 g/mol. The minimum absolute atomic E-state index is 0.0322. The predicted octanol–water partition coefficient (Wildman–Crippen LogP) is 3.12. The average molecular weight is 278 g/mol. The summed E-state index contributed by atoms with van der Waals surface area (Å²) in [6.45, 7) is 0. The van der Waals surface area contributed by atoms with E-state index in [4.69, 9.17) is 16.3 Å². The summed E-state index contributed by atoms with van der Waals surface area (Å²) in [7, 11) is 0. The third-order valence-electron chi connectivity index (χ3n) is 3.17. The van der Waals surface area contributed by atoms with Crippen LogP contribution in [0.5, 0.6) is 5.75 Å². The van der Waals surface area contributed by atoms with Crippen molar-refractivity contribution in [2.75, 3.05) is 4.90 Å². The van der Waals surface area contributed by atoms with Crippen LogP contribution in [0.1, 0.15) is 12.8 Å². The molecule has 0 bridgehead atoms. The molecule has 3 nitrogen and oxygen atoms in total. The number of hydrogen-bond donors (Lipinski definition) is 0. The number of hydrogen-bond acceptors (Lipinski definition) is 2. The Labute approximate surface area is 105 Å². The highest BCUT2D eigenvalue weighted by Gasteiger charge is 2.69. The quantitative estimate of drug-likeness (QED) is 0.729. The second-order valence-corrected chi connectivity index (χ2v) is 4.66. The number of carbonyl (C=O) groups excluding carboxylic acids is 1. The Morgan fingerprint density at radius 3 is 2.78 bits per heavy atom. The van der Waals surface area contributed by atoms with Gasteiger partial charge in [-0.1, -0.05) is 11.6 Å². The molecule has 0 radical (unpaired) electrons. The fraction of sp³-hybridized carbons (Fsp3) is 0.364. The Hall–Kier alpha value is -1.43. The molecule has 1 aromatic rings. The lowest BCUT2D eigenvalue weighted by Crippen LogP contribution is -2.57.